The van der Waals surface area contributed by atoms with Crippen LogP contribution < -0.4 is 5.32 Å². The van der Waals surface area contributed by atoms with Gasteiger partial charge in [0.2, 0.25) is 0 Å². The summed E-state index contributed by atoms with van der Waals surface area (Å²) in [6.07, 6.45) is 0. The quantitative estimate of drug-likeness (QED) is 0.839. The molecule has 1 saturated heterocycles. The highest BCUT2D eigenvalue weighted by molar-refractivity contribution is 6.33. The minimum absolute atomic E-state index is 0.351. The van der Waals surface area contributed by atoms with Crippen molar-refractivity contribution in [3.63, 3.8) is 0 Å². The summed E-state index contributed by atoms with van der Waals surface area (Å²) in [4.78, 5) is 14.0. The van der Waals surface area contributed by atoms with Crippen LogP contribution in [0.4, 0.5) is 0 Å². The van der Waals surface area contributed by atoms with Crippen molar-refractivity contribution < 1.29 is 9.53 Å². The number of halogens is 1. The van der Waals surface area contributed by atoms with E-state index in [0.717, 1.165) is 32.7 Å². The van der Waals surface area contributed by atoms with Crippen LogP contribution in [0.2, 0.25) is 5.02 Å². The summed E-state index contributed by atoms with van der Waals surface area (Å²) in [6.45, 7) is 5.19. The van der Waals surface area contributed by atoms with Crippen molar-refractivity contribution in [2.24, 2.45) is 0 Å². The number of piperazine rings is 1. The van der Waals surface area contributed by atoms with E-state index < -0.39 is 0 Å². The van der Waals surface area contributed by atoms with Crippen LogP contribution in [-0.4, -0.2) is 50.2 Å². The summed E-state index contributed by atoms with van der Waals surface area (Å²) < 4.78 is 5.23. The molecule has 0 radical (unpaired) electrons. The molecule has 1 aliphatic rings. The van der Waals surface area contributed by atoms with Gasteiger partial charge in [0.15, 0.2) is 0 Å². The van der Waals surface area contributed by atoms with Crippen LogP contribution in [0.3, 0.4) is 0 Å². The number of carbonyl (C=O) groups excluding carboxylic acids is 1. The molecule has 0 bridgehead atoms. The summed E-state index contributed by atoms with van der Waals surface area (Å²) >= 11 is 5.93. The second-order valence-electron chi connectivity index (χ2n) is 4.21. The van der Waals surface area contributed by atoms with Crippen molar-refractivity contribution in [3.05, 3.63) is 34.9 Å². The fourth-order valence-corrected chi connectivity index (χ4v) is 2.12. The van der Waals surface area contributed by atoms with Gasteiger partial charge in [-0.15, -0.1) is 0 Å². The zero-order valence-electron chi connectivity index (χ0n) is 10.2. The summed E-state index contributed by atoms with van der Waals surface area (Å²) in [7, 11) is 0. The van der Waals surface area contributed by atoms with Gasteiger partial charge >= 0.3 is 5.97 Å². The lowest BCUT2D eigenvalue weighted by molar-refractivity contribution is 0.0456. The molecule has 4 nitrogen and oxygen atoms in total. The molecule has 18 heavy (non-hydrogen) atoms. The molecule has 1 aliphatic heterocycles. The minimum atomic E-state index is -0.351. The molecular weight excluding hydrogens is 252 g/mol. The Labute approximate surface area is 112 Å². The van der Waals surface area contributed by atoms with E-state index >= 15 is 0 Å². The topological polar surface area (TPSA) is 41.6 Å². The summed E-state index contributed by atoms with van der Waals surface area (Å²) in [5.74, 6) is -0.351. The molecule has 0 aliphatic carbocycles. The van der Waals surface area contributed by atoms with Crippen molar-refractivity contribution in [1.29, 1.82) is 0 Å². The van der Waals surface area contributed by atoms with Crippen molar-refractivity contribution >= 4 is 17.6 Å². The maximum atomic E-state index is 11.8. The first-order valence-corrected chi connectivity index (χ1v) is 6.50. The van der Waals surface area contributed by atoms with E-state index in [9.17, 15) is 4.79 Å². The lowest BCUT2D eigenvalue weighted by atomic mass is 10.2. The Morgan fingerprint density at radius 1 is 1.33 bits per heavy atom. The molecule has 1 aromatic rings. The summed E-state index contributed by atoms with van der Waals surface area (Å²) in [5.41, 5.74) is 0.430. The Morgan fingerprint density at radius 2 is 2.06 bits per heavy atom. The van der Waals surface area contributed by atoms with Gasteiger partial charge in [-0.3, -0.25) is 4.90 Å². The third kappa shape index (κ3) is 3.70. The largest absolute Gasteiger partial charge is 0.461 e. The van der Waals surface area contributed by atoms with Crippen molar-refractivity contribution in [2.75, 3.05) is 39.3 Å². The van der Waals surface area contributed by atoms with Gasteiger partial charge in [0.05, 0.1) is 10.6 Å². The first-order chi connectivity index (χ1) is 8.77. The Bertz CT molecular complexity index is 406. The molecule has 0 atom stereocenters. The maximum absolute atomic E-state index is 11.8. The molecule has 0 aromatic heterocycles. The van der Waals surface area contributed by atoms with E-state index in [1.54, 1.807) is 24.3 Å². The van der Waals surface area contributed by atoms with E-state index in [1.165, 1.54) is 0 Å². The molecule has 0 saturated carbocycles. The Balaban J connectivity index is 1.76. The average molecular weight is 269 g/mol. The number of nitrogens with zero attached hydrogens (tertiary/aromatic N) is 1. The van der Waals surface area contributed by atoms with Crippen LogP contribution in [0.5, 0.6) is 0 Å². The van der Waals surface area contributed by atoms with Crippen LogP contribution in [0.1, 0.15) is 10.4 Å². The predicted octanol–water partition coefficient (Wildman–Crippen LogP) is 1.40. The normalized spacial score (nSPS) is 16.5. The number of ether oxygens (including phenoxy) is 1. The van der Waals surface area contributed by atoms with Gasteiger partial charge < -0.3 is 10.1 Å². The average Bonchev–Trinajstić information content (AvgIpc) is 2.40. The Hall–Kier alpha value is -1.10. The van der Waals surface area contributed by atoms with Crippen LogP contribution in [0.15, 0.2) is 24.3 Å². The van der Waals surface area contributed by atoms with Gasteiger partial charge in [-0.2, -0.15) is 0 Å². The number of carbonyl (C=O) groups is 1. The van der Waals surface area contributed by atoms with E-state index in [2.05, 4.69) is 10.2 Å². The van der Waals surface area contributed by atoms with Crippen LogP contribution in [0, 0.1) is 0 Å². The number of hydrogen-bond acceptors (Lipinski definition) is 4. The Kier molecular flexibility index (Phi) is 4.99. The predicted molar refractivity (Wildman–Crippen MR) is 71.0 cm³/mol. The monoisotopic (exact) mass is 268 g/mol. The van der Waals surface area contributed by atoms with Gasteiger partial charge in [0, 0.05) is 32.7 Å². The molecule has 1 fully saturated rings. The van der Waals surface area contributed by atoms with Gasteiger partial charge in [-0.25, -0.2) is 4.79 Å². The second kappa shape index (κ2) is 6.73. The molecular formula is C13H17ClN2O2. The Morgan fingerprint density at radius 3 is 2.78 bits per heavy atom. The number of hydrogen-bond donors (Lipinski definition) is 1. The summed E-state index contributed by atoms with van der Waals surface area (Å²) in [5, 5.41) is 3.72. The van der Waals surface area contributed by atoms with Crippen LogP contribution >= 0.6 is 11.6 Å². The second-order valence-corrected chi connectivity index (χ2v) is 4.61. The molecule has 5 heteroatoms. The van der Waals surface area contributed by atoms with E-state index in [4.69, 9.17) is 16.3 Å². The molecule has 2 rings (SSSR count). The number of esters is 1. The zero-order chi connectivity index (χ0) is 12.8. The minimum Gasteiger partial charge on any atom is -0.461 e. The van der Waals surface area contributed by atoms with Crippen LogP contribution in [-0.2, 0) is 4.74 Å². The van der Waals surface area contributed by atoms with Gasteiger partial charge in [-0.05, 0) is 12.1 Å². The first-order valence-electron chi connectivity index (χ1n) is 6.12. The molecule has 1 heterocycles. The molecule has 0 spiro atoms. The highest BCUT2D eigenvalue weighted by Gasteiger charge is 2.13. The third-order valence-corrected chi connectivity index (χ3v) is 3.27. The molecule has 1 aromatic carbocycles. The molecule has 98 valence electrons. The highest BCUT2D eigenvalue weighted by Crippen LogP contribution is 2.15. The van der Waals surface area contributed by atoms with E-state index in [-0.39, 0.29) is 5.97 Å². The van der Waals surface area contributed by atoms with Gasteiger partial charge in [0.1, 0.15) is 6.61 Å². The number of rotatable bonds is 4. The fourth-order valence-electron chi connectivity index (χ4n) is 1.91. The van der Waals surface area contributed by atoms with Gasteiger partial charge in [-0.1, -0.05) is 23.7 Å². The van der Waals surface area contributed by atoms with Crippen molar-refractivity contribution in [3.8, 4) is 0 Å². The van der Waals surface area contributed by atoms with Crippen molar-refractivity contribution in [1.82, 2.24) is 10.2 Å². The standard InChI is InChI=1S/C13H17ClN2O2/c14-12-4-2-1-3-11(12)13(17)18-10-9-16-7-5-15-6-8-16/h1-4,15H,5-10H2. The fraction of sp³-hybridized carbons (Fsp3) is 0.462. The van der Waals surface area contributed by atoms with Crippen molar-refractivity contribution in [2.45, 2.75) is 0 Å². The van der Waals surface area contributed by atoms with E-state index in [1.807, 2.05) is 0 Å². The first kappa shape index (κ1) is 13.3. The van der Waals surface area contributed by atoms with E-state index in [0.29, 0.717) is 17.2 Å². The van der Waals surface area contributed by atoms with Gasteiger partial charge in [0.25, 0.3) is 0 Å². The third-order valence-electron chi connectivity index (χ3n) is 2.94. The lowest BCUT2D eigenvalue weighted by Crippen LogP contribution is -2.44. The summed E-state index contributed by atoms with van der Waals surface area (Å²) in [6, 6.07) is 6.93. The smallest absolute Gasteiger partial charge is 0.339 e. The number of benzene rings is 1. The molecule has 0 unspecified atom stereocenters. The van der Waals surface area contributed by atoms with Crippen LogP contribution in [0.25, 0.3) is 0 Å². The lowest BCUT2D eigenvalue weighted by Gasteiger charge is -2.26. The number of nitrogens with one attached hydrogen (secondary N) is 1. The SMILES string of the molecule is O=C(OCCN1CCNCC1)c1ccccc1Cl. The molecule has 1 N–H and O–H groups in total. The maximum Gasteiger partial charge on any atom is 0.339 e. The zero-order valence-corrected chi connectivity index (χ0v) is 10.9. The molecule has 0 amide bonds. The highest BCUT2D eigenvalue weighted by atomic mass is 35.5.